The molecule has 1 aromatic carbocycles. The van der Waals surface area contributed by atoms with Gasteiger partial charge in [0.05, 0.1) is 25.3 Å². The van der Waals surface area contributed by atoms with Crippen molar-refractivity contribution in [3.63, 3.8) is 0 Å². The molecule has 6 N–H and O–H groups in total. The number of carbonyl (C=O) groups is 6. The number of nitrogens with two attached hydrogens (primary N) is 2. The highest BCUT2D eigenvalue weighted by Crippen LogP contribution is 2.32. The van der Waals surface area contributed by atoms with Crippen LogP contribution in [0.4, 0.5) is 10.5 Å². The second-order valence-electron chi connectivity index (χ2n) is 7.34. The van der Waals surface area contributed by atoms with E-state index in [4.69, 9.17) is 16.2 Å². The normalized spacial score (nSPS) is 13.6. The molecule has 7 amide bonds. The first-order chi connectivity index (χ1) is 16.0. The van der Waals surface area contributed by atoms with E-state index in [-0.39, 0.29) is 13.0 Å². The van der Waals surface area contributed by atoms with Crippen LogP contribution in [0.5, 0.6) is 5.75 Å². The number of nitrogens with one attached hydrogen (secondary N) is 2. The van der Waals surface area contributed by atoms with Crippen molar-refractivity contribution in [1.82, 2.24) is 15.5 Å². The van der Waals surface area contributed by atoms with Gasteiger partial charge >= 0.3 is 6.03 Å². The number of nitrogens with zero attached hydrogens (tertiary/aromatic N) is 2. The van der Waals surface area contributed by atoms with Crippen LogP contribution >= 0.6 is 22.6 Å². The molecule has 184 valence electrons. The van der Waals surface area contributed by atoms with E-state index in [1.54, 1.807) is 12.1 Å². The Morgan fingerprint density at radius 3 is 2.35 bits per heavy atom. The fourth-order valence-corrected chi connectivity index (χ4v) is 3.70. The average molecular weight is 588 g/mol. The Hall–Kier alpha value is -3.43. The predicted octanol–water partition coefficient (Wildman–Crippen LogP) is -0.985. The number of methoxy groups -OCH3 is 1. The van der Waals surface area contributed by atoms with E-state index < -0.39 is 67.5 Å². The lowest BCUT2D eigenvalue weighted by atomic mass is 9.99. The van der Waals surface area contributed by atoms with Gasteiger partial charge in [0.15, 0.2) is 0 Å². The van der Waals surface area contributed by atoms with Crippen molar-refractivity contribution in [1.29, 1.82) is 0 Å². The summed E-state index contributed by atoms with van der Waals surface area (Å²) in [5.41, 5.74) is 10.6. The zero-order valence-corrected chi connectivity index (χ0v) is 20.5. The Kier molecular flexibility index (Phi) is 9.58. The van der Waals surface area contributed by atoms with Crippen LogP contribution in [0, 0.1) is 9.49 Å². The molecule has 13 nitrogen and oxygen atoms in total. The summed E-state index contributed by atoms with van der Waals surface area (Å²) < 4.78 is 6.18. The maximum absolute atomic E-state index is 13.0. The number of urea groups is 1. The molecule has 1 aliphatic heterocycles. The van der Waals surface area contributed by atoms with E-state index in [1.165, 1.54) is 12.0 Å². The fourth-order valence-electron chi connectivity index (χ4n) is 3.23. The summed E-state index contributed by atoms with van der Waals surface area (Å²) in [6, 6.07) is 4.63. The highest BCUT2D eigenvalue weighted by atomic mass is 127. The Morgan fingerprint density at radius 1 is 1.12 bits per heavy atom. The van der Waals surface area contributed by atoms with Crippen LogP contribution in [0.3, 0.4) is 0 Å². The first kappa shape index (κ1) is 26.8. The van der Waals surface area contributed by atoms with Gasteiger partial charge in [-0.25, -0.2) is 9.69 Å². The van der Waals surface area contributed by atoms with E-state index in [9.17, 15) is 28.8 Å². The third-order valence-electron chi connectivity index (χ3n) is 4.87. The number of ether oxygens (including phenoxy) is 1. The van der Waals surface area contributed by atoms with Gasteiger partial charge in [0.2, 0.25) is 29.5 Å². The molecule has 0 atom stereocenters. The minimum absolute atomic E-state index is 0.0366. The maximum Gasteiger partial charge on any atom is 0.332 e. The van der Waals surface area contributed by atoms with Crippen molar-refractivity contribution in [3.05, 3.63) is 21.8 Å². The number of carbonyl (C=O) groups excluding carboxylic acids is 6. The molecule has 0 spiro atoms. The minimum Gasteiger partial charge on any atom is -0.495 e. The smallest absolute Gasteiger partial charge is 0.332 e. The lowest BCUT2D eigenvalue weighted by Gasteiger charge is -2.34. The molecule has 0 saturated carbocycles. The first-order valence-corrected chi connectivity index (χ1v) is 11.2. The molecule has 0 unspecified atom stereocenters. The number of imide groups is 1. The first-order valence-electron chi connectivity index (χ1n) is 10.1. The van der Waals surface area contributed by atoms with Crippen LogP contribution in [0.2, 0.25) is 0 Å². The van der Waals surface area contributed by atoms with E-state index in [0.717, 1.165) is 8.47 Å². The van der Waals surface area contributed by atoms with Crippen molar-refractivity contribution in [2.24, 2.45) is 17.4 Å². The number of primary amides is 2. The summed E-state index contributed by atoms with van der Waals surface area (Å²) in [5, 5.41) is 4.67. The zero-order valence-electron chi connectivity index (χ0n) is 18.3. The summed E-state index contributed by atoms with van der Waals surface area (Å²) in [6.45, 7) is -0.783. The number of anilines is 1. The van der Waals surface area contributed by atoms with Crippen molar-refractivity contribution < 1.29 is 33.5 Å². The summed E-state index contributed by atoms with van der Waals surface area (Å²) in [4.78, 5) is 74.1. The van der Waals surface area contributed by atoms with E-state index in [0.29, 0.717) is 11.4 Å². The van der Waals surface area contributed by atoms with Crippen molar-refractivity contribution in [3.8, 4) is 5.75 Å². The van der Waals surface area contributed by atoms with Gasteiger partial charge in [-0.05, 0) is 40.8 Å². The third-order valence-corrected chi connectivity index (χ3v) is 5.54. The number of rotatable bonds is 11. The number of amides is 7. The van der Waals surface area contributed by atoms with Gasteiger partial charge in [0.25, 0.3) is 0 Å². The van der Waals surface area contributed by atoms with Gasteiger partial charge in [-0.2, -0.15) is 0 Å². The molecule has 0 radical (unpaired) electrons. The van der Waals surface area contributed by atoms with Gasteiger partial charge < -0.3 is 26.8 Å². The van der Waals surface area contributed by atoms with Crippen LogP contribution in [-0.4, -0.2) is 67.3 Å². The maximum atomic E-state index is 13.0. The third kappa shape index (κ3) is 7.29. The number of halogens is 1. The molecule has 0 aliphatic carbocycles. The molecule has 1 saturated heterocycles. The zero-order chi connectivity index (χ0) is 25.4. The Bertz CT molecular complexity index is 986. The topological polar surface area (TPSA) is 194 Å². The van der Waals surface area contributed by atoms with E-state index >= 15 is 0 Å². The van der Waals surface area contributed by atoms with Crippen molar-refractivity contribution in [2.45, 2.75) is 19.3 Å². The molecule has 0 bridgehead atoms. The summed E-state index contributed by atoms with van der Waals surface area (Å²) in [5.74, 6) is -4.19. The molecule has 14 heteroatoms. The summed E-state index contributed by atoms with van der Waals surface area (Å²) in [7, 11) is 1.47. The minimum atomic E-state index is -1.11. The van der Waals surface area contributed by atoms with Crippen LogP contribution in [0.15, 0.2) is 18.2 Å². The molecule has 2 rings (SSSR count). The van der Waals surface area contributed by atoms with Gasteiger partial charge in [0, 0.05) is 29.4 Å². The SMILES string of the molecule is COc1ccc(I)cc1N1CCC(=O)N(CNC(=O)CNC(=O)C(CC(N)=O)CC(N)=O)C1=O. The lowest BCUT2D eigenvalue weighted by molar-refractivity contribution is -0.133. The Morgan fingerprint density at radius 2 is 1.76 bits per heavy atom. The van der Waals surface area contributed by atoms with Crippen LogP contribution < -0.4 is 31.7 Å². The predicted molar refractivity (Wildman–Crippen MR) is 127 cm³/mol. The van der Waals surface area contributed by atoms with Crippen molar-refractivity contribution >= 4 is 63.8 Å². The van der Waals surface area contributed by atoms with Gasteiger partial charge in [-0.15, -0.1) is 0 Å². The molecule has 1 aromatic rings. The summed E-state index contributed by atoms with van der Waals surface area (Å²) in [6.07, 6.45) is -0.787. The highest BCUT2D eigenvalue weighted by molar-refractivity contribution is 14.1. The van der Waals surface area contributed by atoms with Gasteiger partial charge in [-0.1, -0.05) is 0 Å². The quantitative estimate of drug-likeness (QED) is 0.239. The number of benzene rings is 1. The fraction of sp³-hybridized carbons (Fsp3) is 0.400. The van der Waals surface area contributed by atoms with Crippen LogP contribution in [0.1, 0.15) is 19.3 Å². The highest BCUT2D eigenvalue weighted by Gasteiger charge is 2.34. The number of hydrogen-bond acceptors (Lipinski definition) is 7. The molecule has 0 aromatic heterocycles. The van der Waals surface area contributed by atoms with Gasteiger partial charge in [-0.3, -0.25) is 28.9 Å². The second-order valence-corrected chi connectivity index (χ2v) is 8.58. The molecule has 1 heterocycles. The van der Waals surface area contributed by atoms with E-state index in [1.807, 2.05) is 6.07 Å². The van der Waals surface area contributed by atoms with E-state index in [2.05, 4.69) is 33.2 Å². The average Bonchev–Trinajstić information content (AvgIpc) is 2.76. The second kappa shape index (κ2) is 12.2. The lowest BCUT2D eigenvalue weighted by Crippen LogP contribution is -2.56. The van der Waals surface area contributed by atoms with Crippen molar-refractivity contribution in [2.75, 3.05) is 31.8 Å². The summed E-state index contributed by atoms with van der Waals surface area (Å²) >= 11 is 2.09. The molecule has 34 heavy (non-hydrogen) atoms. The Labute approximate surface area is 208 Å². The molecular formula is C20H25IN6O7. The van der Waals surface area contributed by atoms with Crippen LogP contribution in [-0.2, 0) is 24.0 Å². The monoisotopic (exact) mass is 588 g/mol. The Balaban J connectivity index is 1.97. The van der Waals surface area contributed by atoms with Crippen LogP contribution in [0.25, 0.3) is 0 Å². The van der Waals surface area contributed by atoms with Gasteiger partial charge in [0.1, 0.15) is 12.4 Å². The molecule has 1 aliphatic rings. The number of hydrogen-bond donors (Lipinski definition) is 4. The standard InChI is InChI=1S/C20H25IN6O7/c1-34-14-3-2-12(21)8-13(14)26-5-4-18(31)27(20(26)33)10-25-17(30)9-24-19(32)11(6-15(22)28)7-16(23)29/h2-3,8,11H,4-7,9-10H2,1H3,(H2,22,28)(H2,23,29)(H,24,32)(H,25,30). The molecule has 1 fully saturated rings. The molecular weight excluding hydrogens is 563 g/mol. The largest absolute Gasteiger partial charge is 0.495 e.